The summed E-state index contributed by atoms with van der Waals surface area (Å²) >= 11 is 5.99. The summed E-state index contributed by atoms with van der Waals surface area (Å²) in [6, 6.07) is -0.0892. The van der Waals surface area contributed by atoms with Crippen LogP contribution in [0.4, 0.5) is 0 Å². The van der Waals surface area contributed by atoms with Crippen molar-refractivity contribution in [2.45, 2.75) is 37.8 Å². The lowest BCUT2D eigenvalue weighted by Gasteiger charge is -2.24. The van der Waals surface area contributed by atoms with E-state index in [0.29, 0.717) is 12.5 Å². The Morgan fingerprint density at radius 1 is 1.56 bits per heavy atom. The predicted molar refractivity (Wildman–Crippen MR) is 70.0 cm³/mol. The number of hydrogen-bond donors (Lipinski definition) is 0. The molecule has 0 amide bonds. The molecule has 2 rings (SSSR count). The summed E-state index contributed by atoms with van der Waals surface area (Å²) in [4.78, 5) is 3.92. The fraction of sp³-hybridized carbons (Fsp3) is 0.727. The van der Waals surface area contributed by atoms with Gasteiger partial charge < -0.3 is 4.57 Å². The van der Waals surface area contributed by atoms with Gasteiger partial charge in [-0.05, 0) is 32.6 Å². The first-order chi connectivity index (χ1) is 8.34. The molecule has 7 heteroatoms. The monoisotopic (exact) mass is 291 g/mol. The summed E-state index contributed by atoms with van der Waals surface area (Å²) in [6.45, 7) is 4.31. The van der Waals surface area contributed by atoms with E-state index in [2.05, 4.69) is 4.98 Å². The van der Waals surface area contributed by atoms with Gasteiger partial charge in [-0.2, -0.15) is 4.31 Å². The van der Waals surface area contributed by atoms with E-state index in [4.69, 9.17) is 11.6 Å². The van der Waals surface area contributed by atoms with E-state index < -0.39 is 10.0 Å². The minimum absolute atomic E-state index is 0.0407. The molecular formula is C11H18ClN3O2S. The predicted octanol–water partition coefficient (Wildman–Crippen LogP) is 1.88. The number of hydrogen-bond acceptors (Lipinski definition) is 3. The highest BCUT2D eigenvalue weighted by atomic mass is 35.5. The zero-order chi connectivity index (χ0) is 13.5. The topological polar surface area (TPSA) is 55.2 Å². The van der Waals surface area contributed by atoms with E-state index in [9.17, 15) is 8.42 Å². The standard InChI is InChI=1S/C11H18ClN3O2S/c1-8(2)15(6-9-4-5-9)18(16,17)11-10(12)14(3)7-13-11/h7-9H,4-6H2,1-3H3. The molecule has 5 nitrogen and oxygen atoms in total. The maximum atomic E-state index is 12.5. The van der Waals surface area contributed by atoms with E-state index in [1.54, 1.807) is 7.05 Å². The van der Waals surface area contributed by atoms with Crippen LogP contribution in [0, 0.1) is 5.92 Å². The van der Waals surface area contributed by atoms with Crippen molar-refractivity contribution in [3.05, 3.63) is 11.5 Å². The average molecular weight is 292 g/mol. The number of rotatable bonds is 5. The van der Waals surface area contributed by atoms with Gasteiger partial charge in [0.05, 0.1) is 6.33 Å². The van der Waals surface area contributed by atoms with E-state index in [1.807, 2.05) is 13.8 Å². The number of aromatic nitrogens is 2. The lowest BCUT2D eigenvalue weighted by atomic mass is 10.3. The van der Waals surface area contributed by atoms with Crippen molar-refractivity contribution >= 4 is 21.6 Å². The highest BCUT2D eigenvalue weighted by Gasteiger charge is 2.36. The van der Waals surface area contributed by atoms with Crippen LogP contribution in [0.5, 0.6) is 0 Å². The van der Waals surface area contributed by atoms with Crippen LogP contribution in [0.15, 0.2) is 11.4 Å². The zero-order valence-electron chi connectivity index (χ0n) is 10.8. The third kappa shape index (κ3) is 2.55. The second-order valence-corrected chi connectivity index (χ2v) is 7.23. The maximum absolute atomic E-state index is 12.5. The van der Waals surface area contributed by atoms with Crippen molar-refractivity contribution in [2.24, 2.45) is 13.0 Å². The molecule has 0 bridgehead atoms. The summed E-state index contributed by atoms with van der Waals surface area (Å²) in [5.41, 5.74) is 0. The molecule has 1 heterocycles. The minimum atomic E-state index is -3.60. The summed E-state index contributed by atoms with van der Waals surface area (Å²) in [5, 5.41) is 0.123. The van der Waals surface area contributed by atoms with Gasteiger partial charge in [0.25, 0.3) is 10.0 Å². The Morgan fingerprint density at radius 3 is 2.56 bits per heavy atom. The second kappa shape index (κ2) is 4.83. The summed E-state index contributed by atoms with van der Waals surface area (Å²) < 4.78 is 28.1. The Bertz CT molecular complexity index is 534. The first-order valence-electron chi connectivity index (χ1n) is 6.02. The van der Waals surface area contributed by atoms with Gasteiger partial charge in [-0.15, -0.1) is 0 Å². The molecule has 102 valence electrons. The summed E-state index contributed by atoms with van der Waals surface area (Å²) in [7, 11) is -1.92. The maximum Gasteiger partial charge on any atom is 0.263 e. The largest absolute Gasteiger partial charge is 0.324 e. The molecule has 18 heavy (non-hydrogen) atoms. The highest BCUT2D eigenvalue weighted by molar-refractivity contribution is 7.89. The lowest BCUT2D eigenvalue weighted by Crippen LogP contribution is -2.38. The smallest absolute Gasteiger partial charge is 0.263 e. The molecule has 0 spiro atoms. The van der Waals surface area contributed by atoms with E-state index in [1.165, 1.54) is 15.2 Å². The van der Waals surface area contributed by atoms with Gasteiger partial charge in [0.15, 0.2) is 0 Å². The van der Waals surface area contributed by atoms with Crippen molar-refractivity contribution in [3.8, 4) is 0 Å². The van der Waals surface area contributed by atoms with Gasteiger partial charge >= 0.3 is 0 Å². The average Bonchev–Trinajstić information content (AvgIpc) is 3.02. The molecule has 0 aromatic carbocycles. The Morgan fingerprint density at radius 2 is 2.17 bits per heavy atom. The van der Waals surface area contributed by atoms with Crippen molar-refractivity contribution in [1.29, 1.82) is 0 Å². The number of imidazole rings is 1. The lowest BCUT2D eigenvalue weighted by molar-refractivity contribution is 0.340. The molecule has 1 fully saturated rings. The molecule has 1 aromatic heterocycles. The SMILES string of the molecule is CC(C)N(CC1CC1)S(=O)(=O)c1ncn(C)c1Cl. The van der Waals surface area contributed by atoms with Crippen molar-refractivity contribution in [1.82, 2.24) is 13.9 Å². The first-order valence-corrected chi connectivity index (χ1v) is 7.84. The fourth-order valence-corrected chi connectivity index (χ4v) is 3.93. The Balaban J connectivity index is 2.35. The van der Waals surface area contributed by atoms with Crippen molar-refractivity contribution < 1.29 is 8.42 Å². The molecule has 0 radical (unpaired) electrons. The first kappa shape index (κ1) is 13.8. The van der Waals surface area contributed by atoms with Gasteiger partial charge in [0.1, 0.15) is 5.15 Å². The molecule has 0 saturated heterocycles. The van der Waals surface area contributed by atoms with Gasteiger partial charge in [0, 0.05) is 19.6 Å². The van der Waals surface area contributed by atoms with Gasteiger partial charge in [-0.25, -0.2) is 13.4 Å². The van der Waals surface area contributed by atoms with Crippen LogP contribution in [-0.2, 0) is 17.1 Å². The number of nitrogens with zero attached hydrogens (tertiary/aromatic N) is 3. The minimum Gasteiger partial charge on any atom is -0.324 e. The molecule has 0 aliphatic heterocycles. The van der Waals surface area contributed by atoms with Crippen LogP contribution in [-0.4, -0.2) is 34.9 Å². The van der Waals surface area contributed by atoms with E-state index in [-0.39, 0.29) is 16.2 Å². The van der Waals surface area contributed by atoms with Crippen molar-refractivity contribution in [3.63, 3.8) is 0 Å². The molecule has 1 aliphatic carbocycles. The van der Waals surface area contributed by atoms with Crippen LogP contribution in [0.1, 0.15) is 26.7 Å². The van der Waals surface area contributed by atoms with Crippen LogP contribution in [0.25, 0.3) is 0 Å². The number of sulfonamides is 1. The fourth-order valence-electron chi connectivity index (χ4n) is 1.82. The van der Waals surface area contributed by atoms with E-state index in [0.717, 1.165) is 12.8 Å². The summed E-state index contributed by atoms with van der Waals surface area (Å²) in [5.74, 6) is 0.490. The molecule has 0 N–H and O–H groups in total. The van der Waals surface area contributed by atoms with Crippen LogP contribution in [0.2, 0.25) is 5.15 Å². The molecule has 1 aliphatic rings. The van der Waals surface area contributed by atoms with E-state index >= 15 is 0 Å². The number of halogens is 1. The Hall–Kier alpha value is -0.590. The Kier molecular flexibility index (Phi) is 3.71. The third-order valence-corrected chi connectivity index (χ3v) is 5.63. The normalized spacial score (nSPS) is 16.8. The quantitative estimate of drug-likeness (QED) is 0.832. The van der Waals surface area contributed by atoms with Gasteiger partial charge in [0.2, 0.25) is 5.03 Å². The van der Waals surface area contributed by atoms with Crippen LogP contribution in [0.3, 0.4) is 0 Å². The highest BCUT2D eigenvalue weighted by Crippen LogP contribution is 2.33. The summed E-state index contributed by atoms with van der Waals surface area (Å²) in [6.07, 6.45) is 3.63. The Labute approximate surface area is 113 Å². The van der Waals surface area contributed by atoms with Crippen molar-refractivity contribution in [2.75, 3.05) is 6.54 Å². The molecule has 1 aromatic rings. The molecular weight excluding hydrogens is 274 g/mol. The number of aryl methyl sites for hydroxylation is 1. The van der Waals surface area contributed by atoms with Gasteiger partial charge in [-0.3, -0.25) is 0 Å². The zero-order valence-corrected chi connectivity index (χ0v) is 12.4. The van der Waals surface area contributed by atoms with Crippen LogP contribution < -0.4 is 0 Å². The van der Waals surface area contributed by atoms with Crippen LogP contribution >= 0.6 is 11.6 Å². The second-order valence-electron chi connectivity index (χ2n) is 5.06. The third-order valence-electron chi connectivity index (χ3n) is 3.10. The molecule has 1 saturated carbocycles. The van der Waals surface area contributed by atoms with Gasteiger partial charge in [-0.1, -0.05) is 11.6 Å². The molecule has 0 unspecified atom stereocenters. The molecule has 0 atom stereocenters.